The van der Waals surface area contributed by atoms with Crippen LogP contribution in [0, 0.1) is 0 Å². The Morgan fingerprint density at radius 3 is 2.13 bits per heavy atom. The smallest absolute Gasteiger partial charge is 0.338 e. The van der Waals surface area contributed by atoms with Crippen molar-refractivity contribution in [3.05, 3.63) is 54.1 Å². The normalized spacial score (nSPS) is 15.1. The molecule has 0 atom stereocenters. The van der Waals surface area contributed by atoms with E-state index in [1.54, 1.807) is 0 Å². The van der Waals surface area contributed by atoms with Crippen LogP contribution in [0.15, 0.2) is 48.5 Å². The van der Waals surface area contributed by atoms with Crippen LogP contribution < -0.4 is 4.74 Å². The number of hydrogen-bond donors (Lipinski definition) is 0. The lowest BCUT2D eigenvalue weighted by molar-refractivity contribution is 0.0139. The number of piperidine rings is 1. The predicted molar refractivity (Wildman–Crippen MR) is 122 cm³/mol. The summed E-state index contributed by atoms with van der Waals surface area (Å²) >= 11 is 0. The molecule has 4 nitrogen and oxygen atoms in total. The van der Waals surface area contributed by atoms with Gasteiger partial charge >= 0.3 is 5.97 Å². The van der Waals surface area contributed by atoms with Crippen molar-refractivity contribution in [1.29, 1.82) is 0 Å². The number of esters is 1. The van der Waals surface area contributed by atoms with Gasteiger partial charge in [-0.05, 0) is 61.7 Å². The first-order chi connectivity index (χ1) is 14.7. The van der Waals surface area contributed by atoms with E-state index in [4.69, 9.17) is 9.47 Å². The maximum absolute atomic E-state index is 12.4. The van der Waals surface area contributed by atoms with Gasteiger partial charge in [0, 0.05) is 13.1 Å². The van der Waals surface area contributed by atoms with Crippen molar-refractivity contribution < 1.29 is 14.3 Å². The fraction of sp³-hybridized carbons (Fsp3) is 0.500. The molecular weight excluding hydrogens is 374 g/mol. The van der Waals surface area contributed by atoms with Crippen molar-refractivity contribution in [1.82, 2.24) is 4.90 Å². The van der Waals surface area contributed by atoms with Gasteiger partial charge in [-0.2, -0.15) is 0 Å². The number of benzene rings is 2. The zero-order valence-electron chi connectivity index (χ0n) is 18.4. The van der Waals surface area contributed by atoms with Crippen LogP contribution in [0.2, 0.25) is 0 Å². The molecule has 0 unspecified atom stereocenters. The van der Waals surface area contributed by atoms with Gasteiger partial charge < -0.3 is 14.4 Å². The van der Waals surface area contributed by atoms with Crippen molar-refractivity contribution >= 4 is 5.97 Å². The molecule has 0 N–H and O–H groups in total. The second-order valence-corrected chi connectivity index (χ2v) is 8.27. The molecule has 1 saturated heterocycles. The second kappa shape index (κ2) is 11.8. The minimum atomic E-state index is -0.223. The number of rotatable bonds is 10. The number of carbonyl (C=O) groups excluding carboxylic acids is 1. The summed E-state index contributed by atoms with van der Waals surface area (Å²) in [4.78, 5) is 14.7. The lowest BCUT2D eigenvalue weighted by Gasteiger charge is -2.28. The Morgan fingerprint density at radius 1 is 0.900 bits per heavy atom. The van der Waals surface area contributed by atoms with Crippen molar-refractivity contribution in [2.24, 2.45) is 0 Å². The van der Waals surface area contributed by atoms with Gasteiger partial charge in [0.25, 0.3) is 0 Å². The SMILES string of the molecule is CCCCCCCOc1ccc(-c2ccc(C(=O)OC3CCN(C)CC3)cc2)cc1. The van der Waals surface area contributed by atoms with E-state index < -0.39 is 0 Å². The molecule has 0 amide bonds. The van der Waals surface area contributed by atoms with Crippen LogP contribution in [0.1, 0.15) is 62.2 Å². The molecule has 0 aliphatic carbocycles. The number of carbonyl (C=O) groups is 1. The van der Waals surface area contributed by atoms with Crippen molar-refractivity contribution in [2.75, 3.05) is 26.7 Å². The van der Waals surface area contributed by atoms with Crippen LogP contribution in [0.25, 0.3) is 11.1 Å². The molecule has 0 radical (unpaired) electrons. The first kappa shape index (κ1) is 22.4. The number of hydrogen-bond acceptors (Lipinski definition) is 4. The van der Waals surface area contributed by atoms with Crippen LogP contribution in [-0.4, -0.2) is 43.7 Å². The van der Waals surface area contributed by atoms with E-state index in [2.05, 4.69) is 31.0 Å². The molecule has 2 aromatic rings. The molecule has 162 valence electrons. The molecule has 1 aliphatic rings. The average molecular weight is 410 g/mol. The summed E-state index contributed by atoms with van der Waals surface area (Å²) in [5, 5.41) is 0. The van der Waals surface area contributed by atoms with Crippen molar-refractivity contribution in [2.45, 2.75) is 58.0 Å². The zero-order valence-corrected chi connectivity index (χ0v) is 18.4. The minimum absolute atomic E-state index is 0.0348. The molecule has 0 aromatic heterocycles. The minimum Gasteiger partial charge on any atom is -0.494 e. The fourth-order valence-corrected chi connectivity index (χ4v) is 3.76. The standard InChI is InChI=1S/C26H35NO3/c1-3-4-5-6-7-20-29-24-14-12-22(13-15-24)21-8-10-23(11-9-21)26(28)30-25-16-18-27(2)19-17-25/h8-15,25H,3-7,16-20H2,1-2H3. The molecule has 30 heavy (non-hydrogen) atoms. The Labute approximate surface area is 181 Å². The van der Waals surface area contributed by atoms with Gasteiger partial charge in [-0.25, -0.2) is 4.79 Å². The Hall–Kier alpha value is -2.33. The second-order valence-electron chi connectivity index (χ2n) is 8.27. The Kier molecular flexibility index (Phi) is 8.76. The number of nitrogens with zero attached hydrogens (tertiary/aromatic N) is 1. The van der Waals surface area contributed by atoms with E-state index in [-0.39, 0.29) is 12.1 Å². The van der Waals surface area contributed by atoms with Crippen LogP contribution in [0.5, 0.6) is 5.75 Å². The summed E-state index contributed by atoms with van der Waals surface area (Å²) in [6, 6.07) is 15.8. The Bertz CT molecular complexity index is 762. The largest absolute Gasteiger partial charge is 0.494 e. The summed E-state index contributed by atoms with van der Waals surface area (Å²) in [6.07, 6.45) is 8.07. The third-order valence-corrected chi connectivity index (χ3v) is 5.76. The van der Waals surface area contributed by atoms with Gasteiger partial charge in [0.2, 0.25) is 0 Å². The van der Waals surface area contributed by atoms with Gasteiger partial charge in [-0.1, -0.05) is 56.9 Å². The Morgan fingerprint density at radius 2 is 1.50 bits per heavy atom. The maximum atomic E-state index is 12.4. The molecule has 3 rings (SSSR count). The van der Waals surface area contributed by atoms with Gasteiger partial charge in [0.1, 0.15) is 11.9 Å². The molecule has 0 bridgehead atoms. The summed E-state index contributed by atoms with van der Waals surface area (Å²) in [5.41, 5.74) is 2.80. The first-order valence-electron chi connectivity index (χ1n) is 11.4. The van der Waals surface area contributed by atoms with E-state index in [1.807, 2.05) is 36.4 Å². The van der Waals surface area contributed by atoms with Gasteiger partial charge in [-0.3, -0.25) is 0 Å². The van der Waals surface area contributed by atoms with E-state index in [0.717, 1.165) is 55.8 Å². The predicted octanol–water partition coefficient (Wildman–Crippen LogP) is 5.95. The number of ether oxygens (including phenoxy) is 2. The highest BCUT2D eigenvalue weighted by atomic mass is 16.5. The molecule has 0 saturated carbocycles. The maximum Gasteiger partial charge on any atom is 0.338 e. The third-order valence-electron chi connectivity index (χ3n) is 5.76. The van der Waals surface area contributed by atoms with E-state index in [9.17, 15) is 4.79 Å². The van der Waals surface area contributed by atoms with E-state index in [1.165, 1.54) is 25.7 Å². The highest BCUT2D eigenvalue weighted by molar-refractivity contribution is 5.90. The lowest BCUT2D eigenvalue weighted by atomic mass is 10.0. The fourth-order valence-electron chi connectivity index (χ4n) is 3.76. The number of likely N-dealkylation sites (tertiary alicyclic amines) is 1. The summed E-state index contributed by atoms with van der Waals surface area (Å²) in [6.45, 7) is 4.97. The van der Waals surface area contributed by atoms with Crippen molar-refractivity contribution in [3.63, 3.8) is 0 Å². The molecule has 4 heteroatoms. The van der Waals surface area contributed by atoms with Crippen molar-refractivity contribution in [3.8, 4) is 16.9 Å². The van der Waals surface area contributed by atoms with Crippen LogP contribution in [0.4, 0.5) is 0 Å². The molecule has 1 fully saturated rings. The summed E-state index contributed by atoms with van der Waals surface area (Å²) in [5.74, 6) is 0.686. The van der Waals surface area contributed by atoms with E-state index in [0.29, 0.717) is 5.56 Å². The average Bonchev–Trinajstić information content (AvgIpc) is 2.78. The van der Waals surface area contributed by atoms with Gasteiger partial charge in [-0.15, -0.1) is 0 Å². The molecule has 2 aromatic carbocycles. The molecule has 0 spiro atoms. The van der Waals surface area contributed by atoms with Gasteiger partial charge in [0.15, 0.2) is 0 Å². The highest BCUT2D eigenvalue weighted by Crippen LogP contribution is 2.24. The van der Waals surface area contributed by atoms with Crippen LogP contribution in [0.3, 0.4) is 0 Å². The monoisotopic (exact) mass is 409 g/mol. The number of unbranched alkanes of at least 4 members (excludes halogenated alkanes) is 4. The van der Waals surface area contributed by atoms with E-state index >= 15 is 0 Å². The lowest BCUT2D eigenvalue weighted by Crippen LogP contribution is -2.35. The summed E-state index contributed by atoms with van der Waals surface area (Å²) in [7, 11) is 2.10. The highest BCUT2D eigenvalue weighted by Gasteiger charge is 2.21. The molecule has 1 heterocycles. The zero-order chi connectivity index (χ0) is 21.2. The quantitative estimate of drug-likeness (QED) is 0.359. The third kappa shape index (κ3) is 6.88. The molecule has 1 aliphatic heterocycles. The molecular formula is C26H35NO3. The summed E-state index contributed by atoms with van der Waals surface area (Å²) < 4.78 is 11.5. The van der Waals surface area contributed by atoms with Crippen LogP contribution >= 0.6 is 0 Å². The Balaban J connectivity index is 1.47. The first-order valence-corrected chi connectivity index (χ1v) is 11.4. The van der Waals surface area contributed by atoms with Crippen LogP contribution in [-0.2, 0) is 4.74 Å². The van der Waals surface area contributed by atoms with Gasteiger partial charge in [0.05, 0.1) is 12.2 Å². The topological polar surface area (TPSA) is 38.8 Å².